The van der Waals surface area contributed by atoms with Crippen molar-refractivity contribution < 1.29 is 14.4 Å². The van der Waals surface area contributed by atoms with Gasteiger partial charge in [-0.2, -0.15) is 0 Å². The highest BCUT2D eigenvalue weighted by Gasteiger charge is 2.33. The summed E-state index contributed by atoms with van der Waals surface area (Å²) in [5.41, 5.74) is 0.112. The van der Waals surface area contributed by atoms with E-state index >= 15 is 0 Å². The molecule has 0 fully saturated rings. The maximum atomic E-state index is 12.3. The number of rotatable bonds is 4. The Hall–Kier alpha value is -1.39. The van der Waals surface area contributed by atoms with Gasteiger partial charge in [-0.3, -0.25) is 14.4 Å². The Balaban J connectivity index is 3.21. The van der Waals surface area contributed by atoms with E-state index in [1.165, 1.54) is 44.1 Å². The van der Waals surface area contributed by atoms with Crippen LogP contribution in [-0.2, 0) is 9.59 Å². The lowest BCUT2D eigenvalue weighted by Crippen LogP contribution is -2.38. The number of ketones is 2. The van der Waals surface area contributed by atoms with E-state index in [0.29, 0.717) is 5.02 Å². The van der Waals surface area contributed by atoms with E-state index < -0.39 is 23.4 Å². The van der Waals surface area contributed by atoms with Crippen LogP contribution in [0.2, 0.25) is 10.0 Å². The number of benzene rings is 1. The summed E-state index contributed by atoms with van der Waals surface area (Å²) in [5, 5.41) is 0.496. The first-order valence-electron chi connectivity index (χ1n) is 5.46. The van der Waals surface area contributed by atoms with Crippen LogP contribution < -0.4 is 0 Å². The maximum absolute atomic E-state index is 12.3. The molecule has 0 aliphatic rings. The summed E-state index contributed by atoms with van der Waals surface area (Å²) in [4.78, 5) is 36.9. The molecule has 1 rings (SSSR count). The van der Waals surface area contributed by atoms with Gasteiger partial charge < -0.3 is 4.90 Å². The summed E-state index contributed by atoms with van der Waals surface area (Å²) < 4.78 is 0. The van der Waals surface area contributed by atoms with E-state index in [9.17, 15) is 14.4 Å². The zero-order valence-corrected chi connectivity index (χ0v) is 12.2. The molecule has 1 atom stereocenters. The Labute approximate surface area is 121 Å². The molecular formula is C13H13Cl2NO3. The number of Topliss-reactive ketones (excluding diaryl/α,β-unsaturated/α-hetero) is 2. The number of carbonyl (C=O) groups excluding carboxylic acids is 3. The van der Waals surface area contributed by atoms with Gasteiger partial charge in [0.15, 0.2) is 11.7 Å². The molecule has 0 N–H and O–H groups in total. The summed E-state index contributed by atoms with van der Waals surface area (Å²) in [5.74, 6) is -3.07. The Kier molecular flexibility index (Phi) is 5.09. The lowest BCUT2D eigenvalue weighted by Gasteiger charge is -2.17. The largest absolute Gasteiger partial charge is 0.348 e. The van der Waals surface area contributed by atoms with Gasteiger partial charge in [0.25, 0.3) is 0 Å². The van der Waals surface area contributed by atoms with E-state index in [4.69, 9.17) is 23.2 Å². The van der Waals surface area contributed by atoms with Gasteiger partial charge in [-0.25, -0.2) is 0 Å². The van der Waals surface area contributed by atoms with Crippen molar-refractivity contribution in [1.29, 1.82) is 0 Å². The van der Waals surface area contributed by atoms with Crippen LogP contribution in [0.15, 0.2) is 18.2 Å². The normalized spacial score (nSPS) is 11.8. The molecule has 1 unspecified atom stereocenters. The van der Waals surface area contributed by atoms with Crippen LogP contribution in [0.4, 0.5) is 0 Å². The molecule has 19 heavy (non-hydrogen) atoms. The lowest BCUT2D eigenvalue weighted by atomic mass is 9.93. The second-order valence-corrected chi connectivity index (χ2v) is 5.11. The van der Waals surface area contributed by atoms with Gasteiger partial charge >= 0.3 is 0 Å². The topological polar surface area (TPSA) is 54.5 Å². The highest BCUT2D eigenvalue weighted by atomic mass is 35.5. The fourth-order valence-corrected chi connectivity index (χ4v) is 2.08. The van der Waals surface area contributed by atoms with Crippen molar-refractivity contribution in [3.05, 3.63) is 33.8 Å². The van der Waals surface area contributed by atoms with Gasteiger partial charge in [0.2, 0.25) is 5.91 Å². The molecule has 0 aliphatic heterocycles. The molecule has 1 aromatic carbocycles. The standard InChI is InChI=1S/C13H13Cl2NO3/c1-7(17)11(13(19)16(2)3)12(18)9-5-4-8(14)6-10(9)15/h4-6,11H,1-3H3. The smallest absolute Gasteiger partial charge is 0.240 e. The van der Waals surface area contributed by atoms with Crippen molar-refractivity contribution in [2.24, 2.45) is 5.92 Å². The third-order valence-electron chi connectivity index (χ3n) is 2.55. The van der Waals surface area contributed by atoms with Gasteiger partial charge in [-0.05, 0) is 25.1 Å². The Morgan fingerprint density at radius 3 is 2.16 bits per heavy atom. The molecule has 0 bridgehead atoms. The van der Waals surface area contributed by atoms with Gasteiger partial charge in [-0.15, -0.1) is 0 Å². The Morgan fingerprint density at radius 2 is 1.74 bits per heavy atom. The van der Waals surface area contributed by atoms with Gasteiger partial charge in [0, 0.05) is 24.7 Å². The predicted octanol–water partition coefficient (Wildman–Crippen LogP) is 2.47. The fourth-order valence-electron chi connectivity index (χ4n) is 1.57. The summed E-state index contributed by atoms with van der Waals surface area (Å²) >= 11 is 11.7. The van der Waals surface area contributed by atoms with E-state index in [0.717, 1.165) is 0 Å². The summed E-state index contributed by atoms with van der Waals surface area (Å²) in [6, 6.07) is 4.29. The number of hydrogen-bond acceptors (Lipinski definition) is 3. The summed E-state index contributed by atoms with van der Waals surface area (Å²) in [6.07, 6.45) is 0. The third-order valence-corrected chi connectivity index (χ3v) is 3.10. The number of amides is 1. The Morgan fingerprint density at radius 1 is 1.16 bits per heavy atom. The SMILES string of the molecule is CC(=O)C(C(=O)c1ccc(Cl)cc1Cl)C(=O)N(C)C. The maximum Gasteiger partial charge on any atom is 0.240 e. The summed E-state index contributed by atoms with van der Waals surface area (Å²) in [7, 11) is 2.96. The van der Waals surface area contributed by atoms with Crippen molar-refractivity contribution in [1.82, 2.24) is 4.90 Å². The molecule has 1 aromatic rings. The second-order valence-electron chi connectivity index (χ2n) is 4.26. The van der Waals surface area contributed by atoms with Crippen LogP contribution in [0.25, 0.3) is 0 Å². The number of nitrogens with zero attached hydrogens (tertiary/aromatic N) is 1. The summed E-state index contributed by atoms with van der Waals surface area (Å²) in [6.45, 7) is 1.20. The highest BCUT2D eigenvalue weighted by molar-refractivity contribution is 6.38. The van der Waals surface area contributed by atoms with Crippen LogP contribution in [-0.4, -0.2) is 36.5 Å². The third kappa shape index (κ3) is 3.55. The predicted molar refractivity (Wildman–Crippen MR) is 73.7 cm³/mol. The minimum atomic E-state index is -1.37. The molecule has 0 aliphatic carbocycles. The highest BCUT2D eigenvalue weighted by Crippen LogP contribution is 2.24. The average molecular weight is 302 g/mol. The van der Waals surface area contributed by atoms with Crippen molar-refractivity contribution in [3.8, 4) is 0 Å². The first-order chi connectivity index (χ1) is 8.75. The van der Waals surface area contributed by atoms with Crippen molar-refractivity contribution in [2.75, 3.05) is 14.1 Å². The lowest BCUT2D eigenvalue weighted by molar-refractivity contribution is -0.136. The molecule has 0 heterocycles. The molecule has 0 radical (unpaired) electrons. The van der Waals surface area contributed by atoms with Gasteiger partial charge in [0.05, 0.1) is 5.02 Å². The molecule has 6 heteroatoms. The van der Waals surface area contributed by atoms with Crippen LogP contribution >= 0.6 is 23.2 Å². The Bertz CT molecular complexity index is 541. The van der Waals surface area contributed by atoms with Crippen LogP contribution in [0, 0.1) is 5.92 Å². The minimum Gasteiger partial charge on any atom is -0.348 e. The van der Waals surface area contributed by atoms with Gasteiger partial charge in [0.1, 0.15) is 5.78 Å². The monoisotopic (exact) mass is 301 g/mol. The molecule has 4 nitrogen and oxygen atoms in total. The molecular weight excluding hydrogens is 289 g/mol. The van der Waals surface area contributed by atoms with Crippen LogP contribution in [0.3, 0.4) is 0 Å². The fraction of sp³-hybridized carbons (Fsp3) is 0.308. The minimum absolute atomic E-state index is 0.112. The molecule has 102 valence electrons. The molecule has 0 saturated heterocycles. The molecule has 1 amide bonds. The zero-order valence-electron chi connectivity index (χ0n) is 10.7. The van der Waals surface area contributed by atoms with E-state index in [1.54, 1.807) is 0 Å². The first kappa shape index (κ1) is 15.7. The van der Waals surface area contributed by atoms with Crippen molar-refractivity contribution >= 4 is 40.7 Å². The number of halogens is 2. The molecule has 0 spiro atoms. The molecule has 0 aromatic heterocycles. The van der Waals surface area contributed by atoms with Gasteiger partial charge in [-0.1, -0.05) is 23.2 Å². The van der Waals surface area contributed by atoms with E-state index in [-0.39, 0.29) is 10.6 Å². The number of carbonyl (C=O) groups is 3. The molecule has 0 saturated carbocycles. The second kappa shape index (κ2) is 6.17. The average Bonchev–Trinajstić information content (AvgIpc) is 2.27. The van der Waals surface area contributed by atoms with E-state index in [2.05, 4.69) is 0 Å². The zero-order chi connectivity index (χ0) is 14.7. The van der Waals surface area contributed by atoms with Crippen LogP contribution in [0.5, 0.6) is 0 Å². The van der Waals surface area contributed by atoms with E-state index in [1.807, 2.05) is 0 Å². The first-order valence-corrected chi connectivity index (χ1v) is 6.22. The van der Waals surface area contributed by atoms with Crippen molar-refractivity contribution in [2.45, 2.75) is 6.92 Å². The van der Waals surface area contributed by atoms with Crippen LogP contribution in [0.1, 0.15) is 17.3 Å². The number of hydrogen-bond donors (Lipinski definition) is 0. The van der Waals surface area contributed by atoms with Crippen molar-refractivity contribution in [3.63, 3.8) is 0 Å². The quantitative estimate of drug-likeness (QED) is 0.634.